The van der Waals surface area contributed by atoms with Crippen LogP contribution in [0.4, 0.5) is 17.2 Å². The molecule has 3 aromatic carbocycles. The number of ether oxygens (including phenoxy) is 1. The Balaban J connectivity index is 1.54. The van der Waals surface area contributed by atoms with Crippen molar-refractivity contribution >= 4 is 50.9 Å². The van der Waals surface area contributed by atoms with Crippen LogP contribution in [0.5, 0.6) is 0 Å². The molecule has 1 amide bonds. The molecule has 33 heavy (non-hydrogen) atoms. The van der Waals surface area contributed by atoms with Crippen molar-refractivity contribution in [1.29, 1.82) is 0 Å². The maximum atomic E-state index is 11.9. The number of aromatic amines is 1. The smallest absolute Gasteiger partial charge is 0.396 e. The van der Waals surface area contributed by atoms with E-state index in [1.165, 1.54) is 0 Å². The average molecular weight is 438 g/mol. The van der Waals surface area contributed by atoms with E-state index in [0.29, 0.717) is 22.9 Å². The zero-order chi connectivity index (χ0) is 22.8. The molecular formula is C24H18N6O3. The normalized spacial score (nSPS) is 10.8. The molecule has 0 radical (unpaired) electrons. The van der Waals surface area contributed by atoms with E-state index in [-0.39, 0.29) is 0 Å². The molecule has 0 unspecified atom stereocenters. The van der Waals surface area contributed by atoms with Crippen molar-refractivity contribution in [1.82, 2.24) is 20.2 Å². The number of carbonyl (C=O) groups excluding carboxylic acids is 2. The molecule has 0 fully saturated rings. The second kappa shape index (κ2) is 8.39. The van der Waals surface area contributed by atoms with E-state index < -0.39 is 11.9 Å². The van der Waals surface area contributed by atoms with E-state index in [1.807, 2.05) is 48.5 Å². The predicted octanol–water partition coefficient (Wildman–Crippen LogP) is 4.03. The SMILES string of the molecule is COC(=O)C(=O)Nc1cccc(-c2nc(Nc3ccc4[nH]ncc4c3)c3ccccc3n2)c1. The first-order valence-electron chi connectivity index (χ1n) is 10.1. The van der Waals surface area contributed by atoms with Gasteiger partial charge in [0.1, 0.15) is 5.82 Å². The Bertz CT molecular complexity index is 1510. The molecule has 5 rings (SSSR count). The van der Waals surface area contributed by atoms with Crippen molar-refractivity contribution in [3.05, 3.63) is 72.9 Å². The van der Waals surface area contributed by atoms with E-state index in [9.17, 15) is 9.59 Å². The summed E-state index contributed by atoms with van der Waals surface area (Å²) in [5.74, 6) is -0.716. The lowest BCUT2D eigenvalue weighted by Crippen LogP contribution is -2.23. The summed E-state index contributed by atoms with van der Waals surface area (Å²) in [6, 6.07) is 20.5. The highest BCUT2D eigenvalue weighted by Crippen LogP contribution is 2.29. The number of rotatable bonds is 4. The fourth-order valence-electron chi connectivity index (χ4n) is 3.47. The number of carbonyl (C=O) groups is 2. The minimum absolute atomic E-state index is 0.430. The van der Waals surface area contributed by atoms with Crippen LogP contribution in [0.2, 0.25) is 0 Å². The van der Waals surface area contributed by atoms with Crippen molar-refractivity contribution in [2.45, 2.75) is 0 Å². The molecule has 0 aliphatic rings. The van der Waals surface area contributed by atoms with E-state index in [2.05, 4.69) is 25.6 Å². The average Bonchev–Trinajstić information content (AvgIpc) is 3.31. The van der Waals surface area contributed by atoms with Gasteiger partial charge in [-0.2, -0.15) is 5.10 Å². The highest BCUT2D eigenvalue weighted by atomic mass is 16.5. The zero-order valence-electron chi connectivity index (χ0n) is 17.5. The van der Waals surface area contributed by atoms with Crippen molar-refractivity contribution in [2.75, 3.05) is 17.7 Å². The van der Waals surface area contributed by atoms with E-state index >= 15 is 0 Å². The van der Waals surface area contributed by atoms with Crippen LogP contribution in [-0.2, 0) is 14.3 Å². The van der Waals surface area contributed by atoms with Crippen LogP contribution >= 0.6 is 0 Å². The molecule has 0 spiro atoms. The third-order valence-corrected chi connectivity index (χ3v) is 5.06. The standard InChI is InChI=1S/C24H18N6O3/c1-33-24(32)23(31)27-16-6-4-5-14(11-16)21-28-20-8-3-2-7-18(20)22(29-21)26-17-9-10-19-15(12-17)13-25-30-19/h2-13H,1H3,(H,25,30)(H,27,31)(H,26,28,29). The summed E-state index contributed by atoms with van der Waals surface area (Å²) >= 11 is 0. The molecule has 0 aliphatic carbocycles. The molecule has 0 atom stereocenters. The van der Waals surface area contributed by atoms with Gasteiger partial charge in [-0.25, -0.2) is 14.8 Å². The number of benzene rings is 3. The van der Waals surface area contributed by atoms with Gasteiger partial charge in [-0.05, 0) is 42.5 Å². The lowest BCUT2D eigenvalue weighted by atomic mass is 10.1. The van der Waals surface area contributed by atoms with Gasteiger partial charge in [-0.15, -0.1) is 0 Å². The Hall–Kier alpha value is -4.79. The molecule has 5 aromatic rings. The van der Waals surface area contributed by atoms with Crippen molar-refractivity contribution in [3.63, 3.8) is 0 Å². The summed E-state index contributed by atoms with van der Waals surface area (Å²) in [5.41, 5.74) is 3.67. The van der Waals surface area contributed by atoms with Crippen LogP contribution in [-0.4, -0.2) is 39.2 Å². The van der Waals surface area contributed by atoms with E-state index in [1.54, 1.807) is 24.4 Å². The van der Waals surface area contributed by atoms with Crippen LogP contribution in [0, 0.1) is 0 Å². The fourth-order valence-corrected chi connectivity index (χ4v) is 3.47. The quantitative estimate of drug-likeness (QED) is 0.286. The Labute approximate surface area is 187 Å². The summed E-state index contributed by atoms with van der Waals surface area (Å²) < 4.78 is 4.45. The number of hydrogen-bond acceptors (Lipinski definition) is 7. The number of nitrogens with zero attached hydrogens (tertiary/aromatic N) is 3. The first-order chi connectivity index (χ1) is 16.1. The molecule has 0 bridgehead atoms. The third kappa shape index (κ3) is 4.07. The number of methoxy groups -OCH3 is 1. The van der Waals surface area contributed by atoms with Gasteiger partial charge in [-0.3, -0.25) is 9.89 Å². The maximum Gasteiger partial charge on any atom is 0.396 e. The van der Waals surface area contributed by atoms with Crippen LogP contribution in [0.25, 0.3) is 33.2 Å². The second-order valence-electron chi connectivity index (χ2n) is 7.24. The first kappa shape index (κ1) is 20.1. The van der Waals surface area contributed by atoms with Crippen LogP contribution in [0.1, 0.15) is 0 Å². The lowest BCUT2D eigenvalue weighted by Gasteiger charge is -2.12. The Morgan fingerprint density at radius 1 is 0.939 bits per heavy atom. The molecule has 0 saturated heterocycles. The number of H-pyrrole nitrogens is 1. The molecule has 2 aromatic heterocycles. The van der Waals surface area contributed by atoms with Crippen molar-refractivity contribution in [3.8, 4) is 11.4 Å². The first-order valence-corrected chi connectivity index (χ1v) is 10.1. The van der Waals surface area contributed by atoms with Crippen LogP contribution < -0.4 is 10.6 Å². The molecule has 2 heterocycles. The Kier molecular flexibility index (Phi) is 5.12. The van der Waals surface area contributed by atoms with Crippen molar-refractivity contribution in [2.24, 2.45) is 0 Å². The Morgan fingerprint density at radius 2 is 1.82 bits per heavy atom. The number of para-hydroxylation sites is 1. The molecule has 0 saturated carbocycles. The number of anilines is 3. The molecule has 9 heteroatoms. The minimum atomic E-state index is -0.969. The molecule has 0 aliphatic heterocycles. The zero-order valence-corrected chi connectivity index (χ0v) is 17.5. The summed E-state index contributed by atoms with van der Waals surface area (Å²) in [7, 11) is 1.15. The van der Waals surface area contributed by atoms with Crippen LogP contribution in [0.3, 0.4) is 0 Å². The van der Waals surface area contributed by atoms with Gasteiger partial charge < -0.3 is 15.4 Å². The van der Waals surface area contributed by atoms with Gasteiger partial charge >= 0.3 is 11.9 Å². The molecule has 3 N–H and O–H groups in total. The number of amides is 1. The summed E-state index contributed by atoms with van der Waals surface area (Å²) in [6.07, 6.45) is 1.76. The predicted molar refractivity (Wildman–Crippen MR) is 125 cm³/mol. The summed E-state index contributed by atoms with van der Waals surface area (Å²) in [5, 5.41) is 14.7. The Morgan fingerprint density at radius 3 is 2.70 bits per heavy atom. The van der Waals surface area contributed by atoms with Gasteiger partial charge in [0.05, 0.1) is 24.3 Å². The second-order valence-corrected chi connectivity index (χ2v) is 7.24. The van der Waals surface area contributed by atoms with Gasteiger partial charge in [0, 0.05) is 27.7 Å². The number of aromatic nitrogens is 4. The monoisotopic (exact) mass is 438 g/mol. The van der Waals surface area contributed by atoms with E-state index in [4.69, 9.17) is 9.97 Å². The molecule has 162 valence electrons. The van der Waals surface area contributed by atoms with Crippen LogP contribution in [0.15, 0.2) is 72.9 Å². The third-order valence-electron chi connectivity index (χ3n) is 5.06. The van der Waals surface area contributed by atoms with E-state index in [0.717, 1.165) is 34.6 Å². The van der Waals surface area contributed by atoms with Gasteiger partial charge in [0.25, 0.3) is 0 Å². The minimum Gasteiger partial charge on any atom is -0.462 e. The summed E-state index contributed by atoms with van der Waals surface area (Å²) in [4.78, 5) is 32.7. The number of nitrogens with one attached hydrogen (secondary N) is 3. The lowest BCUT2D eigenvalue weighted by molar-refractivity contribution is -0.150. The highest BCUT2D eigenvalue weighted by molar-refractivity contribution is 6.37. The van der Waals surface area contributed by atoms with Crippen molar-refractivity contribution < 1.29 is 14.3 Å². The highest BCUT2D eigenvalue weighted by Gasteiger charge is 2.15. The van der Waals surface area contributed by atoms with Gasteiger partial charge in [0.2, 0.25) is 0 Å². The summed E-state index contributed by atoms with van der Waals surface area (Å²) in [6.45, 7) is 0. The maximum absolute atomic E-state index is 11.9. The largest absolute Gasteiger partial charge is 0.462 e. The van der Waals surface area contributed by atoms with Gasteiger partial charge in [0.15, 0.2) is 5.82 Å². The fraction of sp³-hybridized carbons (Fsp3) is 0.0417. The molecular weight excluding hydrogens is 420 g/mol. The number of esters is 1. The van der Waals surface area contributed by atoms with Gasteiger partial charge in [-0.1, -0.05) is 24.3 Å². The molecule has 9 nitrogen and oxygen atoms in total. The number of fused-ring (bicyclic) bond motifs is 2. The topological polar surface area (TPSA) is 122 Å². The number of hydrogen-bond donors (Lipinski definition) is 3.